The highest BCUT2D eigenvalue weighted by Gasteiger charge is 2.02. The van der Waals surface area contributed by atoms with Crippen molar-refractivity contribution in [2.24, 2.45) is 5.10 Å². The van der Waals surface area contributed by atoms with Crippen molar-refractivity contribution in [3.63, 3.8) is 0 Å². The van der Waals surface area contributed by atoms with Gasteiger partial charge < -0.3 is 0 Å². The van der Waals surface area contributed by atoms with Crippen LogP contribution < -0.4 is 5.43 Å². The molecule has 3 nitrogen and oxygen atoms in total. The smallest absolute Gasteiger partial charge is 0.250 e. The quantitative estimate of drug-likeness (QED) is 0.644. The minimum atomic E-state index is -0.0803. The molecule has 2 aromatic carbocycles. The molecule has 0 atom stereocenters. The molecule has 2 rings (SSSR count). The third kappa shape index (κ3) is 6.28. The zero-order chi connectivity index (χ0) is 16.7. The van der Waals surface area contributed by atoms with Gasteiger partial charge >= 0.3 is 0 Å². The normalized spacial score (nSPS) is 10.9. The van der Waals surface area contributed by atoms with Gasteiger partial charge in [-0.05, 0) is 31.9 Å². The fourth-order valence-electron chi connectivity index (χ4n) is 2.38. The molecule has 120 valence electrons. The third-order valence-electron chi connectivity index (χ3n) is 3.23. The molecule has 1 amide bonds. The molecule has 0 unspecified atom stereocenters. The standard InChI is InChI=1S/C19H22N2OS/c1-14-5-4-6-17(8-14)11-20-21-19(22)13-23-12-18-9-15(2)7-16(3)10-18/h4-11H,12-13H2,1-3H3,(H,21,22)/b20-11-. The SMILES string of the molecule is Cc1cccc(/C=N\NC(=O)CSCc2cc(C)cc(C)c2)c1. The fourth-order valence-corrected chi connectivity index (χ4v) is 3.13. The molecule has 0 aromatic heterocycles. The van der Waals surface area contributed by atoms with E-state index in [0.717, 1.165) is 11.3 Å². The summed E-state index contributed by atoms with van der Waals surface area (Å²) in [5.41, 5.74) is 8.49. The topological polar surface area (TPSA) is 41.5 Å². The third-order valence-corrected chi connectivity index (χ3v) is 4.23. The maximum atomic E-state index is 11.8. The van der Waals surface area contributed by atoms with Crippen LogP contribution in [-0.4, -0.2) is 17.9 Å². The van der Waals surface area contributed by atoms with Crippen LogP contribution in [0.15, 0.2) is 47.6 Å². The molecule has 1 N–H and O–H groups in total. The lowest BCUT2D eigenvalue weighted by molar-refractivity contribution is -0.118. The molecule has 0 bridgehead atoms. The van der Waals surface area contributed by atoms with Crippen LogP contribution in [0.4, 0.5) is 0 Å². The number of benzene rings is 2. The summed E-state index contributed by atoms with van der Waals surface area (Å²) in [5, 5.41) is 4.00. The van der Waals surface area contributed by atoms with Crippen molar-refractivity contribution in [1.29, 1.82) is 0 Å². The minimum absolute atomic E-state index is 0.0803. The Hall–Kier alpha value is -2.07. The number of nitrogens with zero attached hydrogens (tertiary/aromatic N) is 1. The van der Waals surface area contributed by atoms with E-state index in [0.29, 0.717) is 5.75 Å². The summed E-state index contributed by atoms with van der Waals surface area (Å²) >= 11 is 1.59. The molecule has 23 heavy (non-hydrogen) atoms. The van der Waals surface area contributed by atoms with Gasteiger partial charge in [0, 0.05) is 5.75 Å². The first-order valence-electron chi connectivity index (χ1n) is 7.56. The van der Waals surface area contributed by atoms with Gasteiger partial charge in [-0.15, -0.1) is 11.8 Å². The number of hydrogen-bond acceptors (Lipinski definition) is 3. The Morgan fingerprint density at radius 2 is 1.83 bits per heavy atom. The van der Waals surface area contributed by atoms with Crippen molar-refractivity contribution < 1.29 is 4.79 Å². The van der Waals surface area contributed by atoms with Crippen LogP contribution in [0.5, 0.6) is 0 Å². The molecule has 0 aliphatic carbocycles. The van der Waals surface area contributed by atoms with Crippen molar-refractivity contribution in [3.05, 3.63) is 70.3 Å². The summed E-state index contributed by atoms with van der Waals surface area (Å²) < 4.78 is 0. The predicted octanol–water partition coefficient (Wildman–Crippen LogP) is 4.00. The number of thioether (sulfide) groups is 1. The predicted molar refractivity (Wildman–Crippen MR) is 99.0 cm³/mol. The Bertz CT molecular complexity index is 690. The second kappa shape index (κ2) is 8.53. The number of amides is 1. The summed E-state index contributed by atoms with van der Waals surface area (Å²) in [6.45, 7) is 6.21. The molecule has 4 heteroatoms. The summed E-state index contributed by atoms with van der Waals surface area (Å²) in [7, 11) is 0. The number of nitrogens with one attached hydrogen (secondary N) is 1. The zero-order valence-electron chi connectivity index (χ0n) is 13.8. The lowest BCUT2D eigenvalue weighted by atomic mass is 10.1. The van der Waals surface area contributed by atoms with Crippen LogP contribution in [0.1, 0.15) is 27.8 Å². The first-order chi connectivity index (χ1) is 11.0. The van der Waals surface area contributed by atoms with E-state index in [9.17, 15) is 4.79 Å². The van der Waals surface area contributed by atoms with Gasteiger partial charge in [-0.1, -0.05) is 59.2 Å². The lowest BCUT2D eigenvalue weighted by Gasteiger charge is -2.04. The molecule has 2 aromatic rings. The van der Waals surface area contributed by atoms with E-state index < -0.39 is 0 Å². The van der Waals surface area contributed by atoms with Crippen LogP contribution >= 0.6 is 11.8 Å². The molecule has 0 aliphatic heterocycles. The number of hydrogen-bond donors (Lipinski definition) is 1. The number of rotatable bonds is 6. The average molecular weight is 326 g/mol. The van der Waals surface area contributed by atoms with Crippen molar-refractivity contribution in [2.45, 2.75) is 26.5 Å². The van der Waals surface area contributed by atoms with E-state index in [1.807, 2.05) is 31.2 Å². The van der Waals surface area contributed by atoms with Gasteiger partial charge in [0.2, 0.25) is 5.91 Å². The monoisotopic (exact) mass is 326 g/mol. The maximum absolute atomic E-state index is 11.8. The van der Waals surface area contributed by atoms with Gasteiger partial charge in [0.25, 0.3) is 0 Å². The first-order valence-corrected chi connectivity index (χ1v) is 8.72. The molecular weight excluding hydrogens is 304 g/mol. The molecular formula is C19H22N2OS. The van der Waals surface area contributed by atoms with E-state index in [1.165, 1.54) is 22.3 Å². The van der Waals surface area contributed by atoms with Gasteiger partial charge in [0.15, 0.2) is 0 Å². The molecule has 0 saturated carbocycles. The van der Waals surface area contributed by atoms with Crippen LogP contribution in [0.3, 0.4) is 0 Å². The number of carbonyl (C=O) groups excluding carboxylic acids is 1. The van der Waals surface area contributed by atoms with Crippen LogP contribution in [0.25, 0.3) is 0 Å². The van der Waals surface area contributed by atoms with E-state index in [2.05, 4.69) is 42.6 Å². The van der Waals surface area contributed by atoms with Crippen molar-refractivity contribution in [3.8, 4) is 0 Å². The van der Waals surface area contributed by atoms with Crippen molar-refractivity contribution >= 4 is 23.9 Å². The Morgan fingerprint density at radius 3 is 2.52 bits per heavy atom. The minimum Gasteiger partial charge on any atom is -0.272 e. The highest BCUT2D eigenvalue weighted by Crippen LogP contribution is 2.15. The van der Waals surface area contributed by atoms with Crippen molar-refractivity contribution in [2.75, 3.05) is 5.75 Å². The summed E-state index contributed by atoms with van der Waals surface area (Å²) in [6.07, 6.45) is 1.67. The van der Waals surface area contributed by atoms with Crippen LogP contribution in [0, 0.1) is 20.8 Å². The highest BCUT2D eigenvalue weighted by atomic mass is 32.2. The van der Waals surface area contributed by atoms with E-state index in [-0.39, 0.29) is 5.91 Å². The Labute approximate surface area is 142 Å². The maximum Gasteiger partial charge on any atom is 0.250 e. The Balaban J connectivity index is 1.75. The van der Waals surface area contributed by atoms with Crippen LogP contribution in [-0.2, 0) is 10.5 Å². The highest BCUT2D eigenvalue weighted by molar-refractivity contribution is 7.99. The molecule has 0 aliphatic rings. The van der Waals surface area contributed by atoms with Gasteiger partial charge in [0.05, 0.1) is 12.0 Å². The van der Waals surface area contributed by atoms with Gasteiger partial charge in [0.1, 0.15) is 0 Å². The molecule has 0 radical (unpaired) electrons. The van der Waals surface area contributed by atoms with Gasteiger partial charge in [-0.25, -0.2) is 5.43 Å². The van der Waals surface area contributed by atoms with E-state index in [1.54, 1.807) is 18.0 Å². The average Bonchev–Trinajstić information content (AvgIpc) is 2.46. The van der Waals surface area contributed by atoms with E-state index >= 15 is 0 Å². The Morgan fingerprint density at radius 1 is 1.09 bits per heavy atom. The van der Waals surface area contributed by atoms with E-state index in [4.69, 9.17) is 0 Å². The molecule has 0 saturated heterocycles. The van der Waals surface area contributed by atoms with Gasteiger partial charge in [-0.2, -0.15) is 5.10 Å². The number of hydrazone groups is 1. The first kappa shape index (κ1) is 17.3. The van der Waals surface area contributed by atoms with Gasteiger partial charge in [-0.3, -0.25) is 4.79 Å². The zero-order valence-corrected chi connectivity index (χ0v) is 14.6. The lowest BCUT2D eigenvalue weighted by Crippen LogP contribution is -2.19. The second-order valence-electron chi connectivity index (χ2n) is 5.70. The molecule has 0 heterocycles. The Kier molecular flexibility index (Phi) is 6.41. The number of carbonyl (C=O) groups is 1. The number of aryl methyl sites for hydroxylation is 3. The molecule has 0 spiro atoms. The largest absolute Gasteiger partial charge is 0.272 e. The molecule has 0 fully saturated rings. The summed E-state index contributed by atoms with van der Waals surface area (Å²) in [5.74, 6) is 1.15. The summed E-state index contributed by atoms with van der Waals surface area (Å²) in [4.78, 5) is 11.8. The van der Waals surface area contributed by atoms with Crippen molar-refractivity contribution in [1.82, 2.24) is 5.43 Å². The summed E-state index contributed by atoms with van der Waals surface area (Å²) in [6, 6.07) is 14.4. The fraction of sp³-hybridized carbons (Fsp3) is 0.263. The van der Waals surface area contributed by atoms with Crippen LogP contribution in [0.2, 0.25) is 0 Å². The second-order valence-corrected chi connectivity index (χ2v) is 6.68.